The minimum absolute atomic E-state index is 0.500. The third-order valence-electron chi connectivity index (χ3n) is 2.80. The van der Waals surface area contributed by atoms with Crippen LogP contribution in [0.25, 0.3) is 0 Å². The van der Waals surface area contributed by atoms with Crippen LogP contribution in [0.2, 0.25) is 0 Å². The number of hydrogen-bond acceptors (Lipinski definition) is 2. The molecule has 1 saturated heterocycles. The molecule has 1 aliphatic heterocycles. The van der Waals surface area contributed by atoms with Crippen molar-refractivity contribution < 1.29 is 9.84 Å². The Morgan fingerprint density at radius 1 is 1.29 bits per heavy atom. The Hall–Kier alpha value is -0.860. The van der Waals surface area contributed by atoms with Gasteiger partial charge in [0, 0.05) is 13.0 Å². The van der Waals surface area contributed by atoms with E-state index in [0.717, 1.165) is 19.3 Å². The largest absolute Gasteiger partial charge is 0.387 e. The van der Waals surface area contributed by atoms with Crippen molar-refractivity contribution in [3.8, 4) is 0 Å². The van der Waals surface area contributed by atoms with Crippen molar-refractivity contribution in [3.63, 3.8) is 0 Å². The van der Waals surface area contributed by atoms with Crippen LogP contribution >= 0.6 is 0 Å². The fourth-order valence-corrected chi connectivity index (χ4v) is 1.82. The molecule has 0 bridgehead atoms. The summed E-state index contributed by atoms with van der Waals surface area (Å²) in [5, 5.41) is 10.0. The summed E-state index contributed by atoms with van der Waals surface area (Å²) in [6, 6.07) is 10.3. The molecule has 0 radical (unpaired) electrons. The zero-order valence-corrected chi connectivity index (χ0v) is 8.28. The van der Waals surface area contributed by atoms with Crippen LogP contribution in [0, 0.1) is 0 Å². The number of aryl methyl sites for hydroxylation is 1. The second kappa shape index (κ2) is 4.11. The van der Waals surface area contributed by atoms with Crippen molar-refractivity contribution in [2.24, 2.45) is 0 Å². The molecule has 2 heteroatoms. The quantitative estimate of drug-likeness (QED) is 0.791. The van der Waals surface area contributed by atoms with E-state index in [1.807, 2.05) is 18.2 Å². The smallest absolute Gasteiger partial charge is 0.0905 e. The van der Waals surface area contributed by atoms with E-state index >= 15 is 0 Å². The van der Waals surface area contributed by atoms with Crippen LogP contribution in [-0.4, -0.2) is 23.9 Å². The molecule has 2 rings (SSSR count). The van der Waals surface area contributed by atoms with Gasteiger partial charge in [0.2, 0.25) is 0 Å². The highest BCUT2D eigenvalue weighted by Crippen LogP contribution is 2.23. The van der Waals surface area contributed by atoms with Crippen LogP contribution in [0.5, 0.6) is 0 Å². The zero-order chi connectivity index (χ0) is 9.86. The highest BCUT2D eigenvalue weighted by Gasteiger charge is 2.31. The van der Waals surface area contributed by atoms with Gasteiger partial charge >= 0.3 is 0 Å². The predicted molar refractivity (Wildman–Crippen MR) is 55.1 cm³/mol. The Balaban J connectivity index is 1.88. The van der Waals surface area contributed by atoms with Gasteiger partial charge < -0.3 is 9.84 Å². The second-order valence-corrected chi connectivity index (χ2v) is 4.01. The van der Waals surface area contributed by atoms with Gasteiger partial charge in [0.15, 0.2) is 0 Å². The number of rotatable bonds is 3. The lowest BCUT2D eigenvalue weighted by Gasteiger charge is -2.19. The van der Waals surface area contributed by atoms with Gasteiger partial charge in [-0.1, -0.05) is 30.3 Å². The number of ether oxygens (including phenoxy) is 1. The van der Waals surface area contributed by atoms with Crippen molar-refractivity contribution in [1.82, 2.24) is 0 Å². The second-order valence-electron chi connectivity index (χ2n) is 4.01. The molecule has 1 fully saturated rings. The highest BCUT2D eigenvalue weighted by atomic mass is 16.5. The van der Waals surface area contributed by atoms with Gasteiger partial charge in [-0.15, -0.1) is 0 Å². The third-order valence-corrected chi connectivity index (χ3v) is 2.80. The van der Waals surface area contributed by atoms with Crippen LogP contribution in [-0.2, 0) is 11.2 Å². The summed E-state index contributed by atoms with van der Waals surface area (Å²) in [6.07, 6.45) is 2.51. The minimum atomic E-state index is -0.574. The molecule has 1 N–H and O–H groups in total. The van der Waals surface area contributed by atoms with Gasteiger partial charge in [-0.05, 0) is 18.4 Å². The third kappa shape index (κ3) is 2.34. The molecular formula is C12H16O2. The molecule has 0 amide bonds. The number of aliphatic hydroxyl groups is 1. The maximum Gasteiger partial charge on any atom is 0.0905 e. The van der Waals surface area contributed by atoms with Gasteiger partial charge in [-0.2, -0.15) is 0 Å². The predicted octanol–water partition coefficient (Wildman–Crippen LogP) is 1.77. The number of hydrogen-bond donors (Lipinski definition) is 1. The Morgan fingerprint density at radius 2 is 2.07 bits per heavy atom. The summed E-state index contributed by atoms with van der Waals surface area (Å²) >= 11 is 0. The lowest BCUT2D eigenvalue weighted by Crippen LogP contribution is -2.29. The molecule has 2 nitrogen and oxygen atoms in total. The molecule has 14 heavy (non-hydrogen) atoms. The lowest BCUT2D eigenvalue weighted by molar-refractivity contribution is 0.0195. The molecule has 1 atom stereocenters. The number of benzene rings is 1. The maximum absolute atomic E-state index is 10.0. The van der Waals surface area contributed by atoms with Crippen molar-refractivity contribution in [3.05, 3.63) is 35.9 Å². The van der Waals surface area contributed by atoms with E-state index in [9.17, 15) is 5.11 Å². The summed E-state index contributed by atoms with van der Waals surface area (Å²) in [6.45, 7) is 1.20. The first-order valence-electron chi connectivity index (χ1n) is 5.13. The molecule has 0 spiro atoms. The van der Waals surface area contributed by atoms with Gasteiger partial charge in [0.1, 0.15) is 0 Å². The summed E-state index contributed by atoms with van der Waals surface area (Å²) in [4.78, 5) is 0. The van der Waals surface area contributed by atoms with Crippen LogP contribution < -0.4 is 0 Å². The Bertz CT molecular complexity index is 276. The molecule has 0 aromatic heterocycles. The monoisotopic (exact) mass is 192 g/mol. The summed E-state index contributed by atoms with van der Waals surface area (Å²) < 4.78 is 5.20. The first-order chi connectivity index (χ1) is 6.79. The van der Waals surface area contributed by atoms with Crippen molar-refractivity contribution >= 4 is 0 Å². The van der Waals surface area contributed by atoms with E-state index < -0.39 is 5.60 Å². The van der Waals surface area contributed by atoms with Gasteiger partial charge in [0.05, 0.1) is 12.2 Å². The molecule has 1 heterocycles. The van der Waals surface area contributed by atoms with Gasteiger partial charge in [0.25, 0.3) is 0 Å². The normalized spacial score (nSPS) is 26.6. The van der Waals surface area contributed by atoms with Gasteiger partial charge in [-0.25, -0.2) is 0 Å². The van der Waals surface area contributed by atoms with E-state index in [2.05, 4.69) is 12.1 Å². The lowest BCUT2D eigenvalue weighted by atomic mass is 9.94. The Labute approximate surface area is 84.5 Å². The van der Waals surface area contributed by atoms with Crippen LogP contribution in [0.1, 0.15) is 18.4 Å². The van der Waals surface area contributed by atoms with E-state index in [-0.39, 0.29) is 0 Å². The maximum atomic E-state index is 10.0. The molecule has 0 aliphatic carbocycles. The van der Waals surface area contributed by atoms with Crippen LogP contribution in [0.3, 0.4) is 0 Å². The molecule has 1 aromatic rings. The minimum Gasteiger partial charge on any atom is -0.387 e. The molecule has 76 valence electrons. The van der Waals surface area contributed by atoms with Crippen molar-refractivity contribution in [1.29, 1.82) is 0 Å². The van der Waals surface area contributed by atoms with E-state index in [1.165, 1.54) is 5.56 Å². The van der Waals surface area contributed by atoms with E-state index in [1.54, 1.807) is 0 Å². The van der Waals surface area contributed by atoms with E-state index in [4.69, 9.17) is 4.74 Å². The summed E-state index contributed by atoms with van der Waals surface area (Å²) in [5.41, 5.74) is 0.711. The highest BCUT2D eigenvalue weighted by molar-refractivity contribution is 5.15. The summed E-state index contributed by atoms with van der Waals surface area (Å²) in [7, 11) is 0. The fraction of sp³-hybridized carbons (Fsp3) is 0.500. The molecule has 1 aromatic carbocycles. The molecule has 0 unspecified atom stereocenters. The Kier molecular flexibility index (Phi) is 2.85. The van der Waals surface area contributed by atoms with Crippen molar-refractivity contribution in [2.75, 3.05) is 13.2 Å². The van der Waals surface area contributed by atoms with E-state index in [0.29, 0.717) is 13.2 Å². The first kappa shape index (κ1) is 9.69. The topological polar surface area (TPSA) is 29.5 Å². The zero-order valence-electron chi connectivity index (χ0n) is 8.28. The standard InChI is InChI=1S/C12H16O2/c13-12(8-9-14-10-12)7-6-11-4-2-1-3-5-11/h1-5,13H,6-10H2/t12-/m1/s1. The van der Waals surface area contributed by atoms with Crippen LogP contribution in [0.4, 0.5) is 0 Å². The van der Waals surface area contributed by atoms with Crippen LogP contribution in [0.15, 0.2) is 30.3 Å². The Morgan fingerprint density at radius 3 is 2.71 bits per heavy atom. The fourth-order valence-electron chi connectivity index (χ4n) is 1.82. The average molecular weight is 192 g/mol. The average Bonchev–Trinajstić information content (AvgIpc) is 2.65. The molecule has 0 saturated carbocycles. The molecule has 1 aliphatic rings. The molecular weight excluding hydrogens is 176 g/mol. The van der Waals surface area contributed by atoms with Gasteiger partial charge in [-0.3, -0.25) is 0 Å². The first-order valence-corrected chi connectivity index (χ1v) is 5.13. The summed E-state index contributed by atoms with van der Waals surface area (Å²) in [5.74, 6) is 0. The SMILES string of the molecule is O[C@]1(CCc2ccccc2)CCOC1. The van der Waals surface area contributed by atoms with Crippen molar-refractivity contribution in [2.45, 2.75) is 24.9 Å².